The maximum absolute atomic E-state index is 12.0. The fourth-order valence-electron chi connectivity index (χ4n) is 2.76. The van der Waals surface area contributed by atoms with E-state index in [1.54, 1.807) is 18.3 Å². The highest BCUT2D eigenvalue weighted by Gasteiger charge is 2.30. The molecule has 0 aliphatic heterocycles. The highest BCUT2D eigenvalue weighted by atomic mass is 19.4. The molecule has 6 heteroatoms. The summed E-state index contributed by atoms with van der Waals surface area (Å²) in [5, 5.41) is 0. The van der Waals surface area contributed by atoms with Crippen LogP contribution in [-0.4, -0.2) is 16.3 Å². The summed E-state index contributed by atoms with van der Waals surface area (Å²) in [5.41, 5.74) is 5.97. The second-order valence-corrected chi connectivity index (χ2v) is 6.81. The average molecular weight is 422 g/mol. The van der Waals surface area contributed by atoms with E-state index in [9.17, 15) is 13.2 Å². The minimum atomic E-state index is -4.66. The van der Waals surface area contributed by atoms with Gasteiger partial charge in [-0.1, -0.05) is 54.6 Å². The summed E-state index contributed by atoms with van der Waals surface area (Å²) >= 11 is 0. The lowest BCUT2D eigenvalue weighted by Crippen LogP contribution is -2.16. The van der Waals surface area contributed by atoms with Crippen LogP contribution < -0.4 is 4.74 Å². The van der Waals surface area contributed by atoms with Crippen molar-refractivity contribution in [1.82, 2.24) is 9.97 Å². The first-order chi connectivity index (χ1) is 14.8. The molecule has 0 radical (unpaired) electrons. The standard InChI is InChI=1S/C13H10F3NO.C12H11N/c1-9-2-3-11(8-17-9)10-4-6-12(7-5-10)18-13(14,15)16;1-10-7-8-12(9-13-10)11-5-3-2-4-6-11/h2-8H,1H3;2-9H,1H3. The highest BCUT2D eigenvalue weighted by Crippen LogP contribution is 2.26. The van der Waals surface area contributed by atoms with Crippen molar-refractivity contribution < 1.29 is 17.9 Å². The van der Waals surface area contributed by atoms with Crippen LogP contribution in [0.25, 0.3) is 22.3 Å². The molecule has 4 aromatic rings. The normalized spacial score (nSPS) is 10.7. The number of aryl methyl sites for hydroxylation is 2. The second kappa shape index (κ2) is 9.89. The fraction of sp³-hybridized carbons (Fsp3) is 0.120. The molecule has 0 spiro atoms. The quantitative estimate of drug-likeness (QED) is 0.356. The lowest BCUT2D eigenvalue weighted by atomic mass is 10.1. The SMILES string of the molecule is Cc1ccc(-c2ccc(OC(F)(F)F)cc2)cn1.Cc1ccc(-c2ccccc2)cn1. The zero-order valence-corrected chi connectivity index (χ0v) is 17.1. The minimum absolute atomic E-state index is 0.230. The monoisotopic (exact) mass is 422 g/mol. The summed E-state index contributed by atoms with van der Waals surface area (Å²) in [5.74, 6) is -0.230. The third-order valence-electron chi connectivity index (χ3n) is 4.35. The molecule has 0 saturated carbocycles. The van der Waals surface area contributed by atoms with Crippen molar-refractivity contribution in [2.24, 2.45) is 0 Å². The molecule has 0 aliphatic carbocycles. The van der Waals surface area contributed by atoms with Crippen LogP contribution >= 0.6 is 0 Å². The number of hydrogen-bond acceptors (Lipinski definition) is 3. The number of ether oxygens (including phenoxy) is 1. The molecule has 2 heterocycles. The fourth-order valence-corrected chi connectivity index (χ4v) is 2.76. The van der Waals surface area contributed by atoms with E-state index in [0.29, 0.717) is 0 Å². The highest BCUT2D eigenvalue weighted by molar-refractivity contribution is 5.63. The maximum atomic E-state index is 12.0. The molecule has 158 valence electrons. The number of nitrogens with zero attached hydrogens (tertiary/aromatic N) is 2. The van der Waals surface area contributed by atoms with Gasteiger partial charge in [-0.25, -0.2) is 0 Å². The lowest BCUT2D eigenvalue weighted by Gasteiger charge is -2.09. The average Bonchev–Trinajstić information content (AvgIpc) is 2.75. The van der Waals surface area contributed by atoms with Gasteiger partial charge in [0.15, 0.2) is 0 Å². The number of pyridine rings is 2. The van der Waals surface area contributed by atoms with Crippen molar-refractivity contribution in [3.63, 3.8) is 0 Å². The van der Waals surface area contributed by atoms with Gasteiger partial charge in [0.05, 0.1) is 0 Å². The van der Waals surface area contributed by atoms with Crippen LogP contribution in [0.2, 0.25) is 0 Å². The molecule has 0 bridgehead atoms. The summed E-state index contributed by atoms with van der Waals surface area (Å²) in [6.45, 7) is 3.86. The Balaban J connectivity index is 0.000000185. The smallest absolute Gasteiger partial charge is 0.406 e. The van der Waals surface area contributed by atoms with Gasteiger partial charge in [-0.2, -0.15) is 0 Å². The second-order valence-electron chi connectivity index (χ2n) is 6.81. The van der Waals surface area contributed by atoms with Gasteiger partial charge in [0, 0.05) is 34.9 Å². The van der Waals surface area contributed by atoms with Crippen LogP contribution in [-0.2, 0) is 0 Å². The van der Waals surface area contributed by atoms with Crippen LogP contribution in [0.4, 0.5) is 13.2 Å². The summed E-state index contributed by atoms with van der Waals surface area (Å²) in [4.78, 5) is 8.38. The van der Waals surface area contributed by atoms with Gasteiger partial charge in [-0.3, -0.25) is 9.97 Å². The molecular formula is C25H21F3N2O. The Morgan fingerprint density at radius 2 is 1.03 bits per heavy atom. The van der Waals surface area contributed by atoms with Gasteiger partial charge in [0.1, 0.15) is 5.75 Å². The number of benzene rings is 2. The third kappa shape index (κ3) is 6.96. The Hall–Kier alpha value is -3.67. The van der Waals surface area contributed by atoms with E-state index >= 15 is 0 Å². The van der Waals surface area contributed by atoms with E-state index in [-0.39, 0.29) is 5.75 Å². The van der Waals surface area contributed by atoms with Crippen LogP contribution in [0.3, 0.4) is 0 Å². The predicted molar refractivity (Wildman–Crippen MR) is 116 cm³/mol. The Bertz CT molecular complexity index is 1080. The van der Waals surface area contributed by atoms with Gasteiger partial charge in [0.2, 0.25) is 0 Å². The molecule has 3 nitrogen and oxygen atoms in total. The molecule has 0 amide bonds. The first kappa shape index (κ1) is 22.0. The summed E-state index contributed by atoms with van der Waals surface area (Å²) in [7, 11) is 0. The number of halogens is 3. The van der Waals surface area contributed by atoms with Crippen LogP contribution in [0.5, 0.6) is 5.75 Å². The van der Waals surface area contributed by atoms with Gasteiger partial charge < -0.3 is 4.74 Å². The van der Waals surface area contributed by atoms with E-state index < -0.39 is 6.36 Å². The Morgan fingerprint density at radius 3 is 1.45 bits per heavy atom. The molecule has 0 unspecified atom stereocenters. The van der Waals surface area contributed by atoms with Crippen LogP contribution in [0, 0.1) is 13.8 Å². The molecule has 0 N–H and O–H groups in total. The molecule has 0 atom stereocenters. The third-order valence-corrected chi connectivity index (χ3v) is 4.35. The first-order valence-corrected chi connectivity index (χ1v) is 9.57. The number of alkyl halides is 3. The summed E-state index contributed by atoms with van der Waals surface area (Å²) < 4.78 is 39.7. The van der Waals surface area contributed by atoms with Crippen LogP contribution in [0.1, 0.15) is 11.4 Å². The van der Waals surface area contributed by atoms with Crippen molar-refractivity contribution in [2.75, 3.05) is 0 Å². The molecule has 0 saturated heterocycles. The van der Waals surface area contributed by atoms with Gasteiger partial charge in [0.25, 0.3) is 0 Å². The number of aromatic nitrogens is 2. The molecule has 0 aliphatic rings. The predicted octanol–water partition coefficient (Wildman–Crippen LogP) is 7.01. The maximum Gasteiger partial charge on any atom is 0.573 e. The zero-order valence-electron chi connectivity index (χ0n) is 17.1. The van der Waals surface area contributed by atoms with Crippen molar-refractivity contribution in [2.45, 2.75) is 20.2 Å². The summed E-state index contributed by atoms with van der Waals surface area (Å²) in [6, 6.07) is 23.8. The van der Waals surface area contributed by atoms with Gasteiger partial charge >= 0.3 is 6.36 Å². The number of rotatable bonds is 3. The minimum Gasteiger partial charge on any atom is -0.406 e. The first-order valence-electron chi connectivity index (χ1n) is 9.57. The van der Waals surface area contributed by atoms with Gasteiger partial charge in [-0.05, 0) is 49.2 Å². The van der Waals surface area contributed by atoms with E-state index in [1.807, 2.05) is 56.4 Å². The molecular weight excluding hydrogens is 401 g/mol. The zero-order chi connectivity index (χ0) is 22.3. The van der Waals surface area contributed by atoms with Crippen molar-refractivity contribution >= 4 is 0 Å². The van der Waals surface area contributed by atoms with E-state index in [1.165, 1.54) is 23.3 Å². The van der Waals surface area contributed by atoms with E-state index in [2.05, 4.69) is 32.9 Å². The molecule has 2 aromatic carbocycles. The van der Waals surface area contributed by atoms with E-state index in [4.69, 9.17) is 0 Å². The Kier molecular flexibility index (Phi) is 7.03. The molecule has 31 heavy (non-hydrogen) atoms. The lowest BCUT2D eigenvalue weighted by molar-refractivity contribution is -0.274. The van der Waals surface area contributed by atoms with Gasteiger partial charge in [-0.15, -0.1) is 13.2 Å². The number of hydrogen-bond donors (Lipinski definition) is 0. The molecule has 4 rings (SSSR count). The summed E-state index contributed by atoms with van der Waals surface area (Å²) in [6.07, 6.45) is -1.08. The molecule has 2 aromatic heterocycles. The van der Waals surface area contributed by atoms with E-state index in [0.717, 1.165) is 22.5 Å². The van der Waals surface area contributed by atoms with Crippen molar-refractivity contribution in [1.29, 1.82) is 0 Å². The van der Waals surface area contributed by atoms with Crippen LogP contribution in [0.15, 0.2) is 91.3 Å². The Morgan fingerprint density at radius 1 is 0.581 bits per heavy atom. The van der Waals surface area contributed by atoms with Crippen molar-refractivity contribution in [3.8, 4) is 28.0 Å². The Labute approximate surface area is 179 Å². The van der Waals surface area contributed by atoms with Crippen molar-refractivity contribution in [3.05, 3.63) is 103 Å². The topological polar surface area (TPSA) is 35.0 Å². The molecule has 0 fully saturated rings. The largest absolute Gasteiger partial charge is 0.573 e.